The largest absolute Gasteiger partial charge is 0.508 e. The molecular weight excluding hydrogens is 412 g/mol. The molecule has 0 spiro atoms. The number of nitrogens with one attached hydrogen (secondary N) is 1. The second-order valence-electron chi connectivity index (χ2n) is 6.24. The molecule has 2 N–H and O–H groups in total. The summed E-state index contributed by atoms with van der Waals surface area (Å²) in [5.74, 6) is 0.176. The molecule has 1 fully saturated rings. The van der Waals surface area contributed by atoms with E-state index in [-0.39, 0.29) is 31.1 Å². The summed E-state index contributed by atoms with van der Waals surface area (Å²) in [7, 11) is 0. The fourth-order valence-corrected chi connectivity index (χ4v) is 2.65. The average molecular weight is 433 g/mol. The minimum atomic E-state index is -0.938. The molecule has 1 aliphatic rings. The van der Waals surface area contributed by atoms with Crippen molar-refractivity contribution in [3.63, 3.8) is 0 Å². The van der Waals surface area contributed by atoms with Crippen LogP contribution in [0.3, 0.4) is 0 Å². The van der Waals surface area contributed by atoms with Crippen molar-refractivity contribution in [2.24, 2.45) is 5.92 Å². The fraction of sp³-hybridized carbons (Fsp3) is 0.562. The van der Waals surface area contributed by atoms with Crippen LogP contribution in [0, 0.1) is 5.92 Å². The SMILES string of the molecule is CC(C)COC(=O)OC[C@H]1O[C@@H](n2cc(C=CBr)c(=O)[nH]c2=O)C[C@@H]1O. The van der Waals surface area contributed by atoms with Crippen LogP contribution in [0.2, 0.25) is 0 Å². The maximum absolute atomic E-state index is 12.0. The lowest BCUT2D eigenvalue weighted by Crippen LogP contribution is -2.33. The van der Waals surface area contributed by atoms with E-state index in [2.05, 4.69) is 20.9 Å². The maximum Gasteiger partial charge on any atom is 0.508 e. The standard InChI is InChI=1S/C16H21BrN2O7/c1-9(2)7-24-16(23)25-8-12-11(20)5-13(26-12)19-6-10(3-4-17)14(21)18-15(19)22/h3-4,6,9,11-13,20H,5,7-8H2,1-2H3,(H,18,21,22)/t11-,12+,13+/m0/s1. The van der Waals surface area contributed by atoms with Crippen molar-refractivity contribution in [2.45, 2.75) is 38.7 Å². The van der Waals surface area contributed by atoms with Crippen molar-refractivity contribution in [1.29, 1.82) is 0 Å². The van der Waals surface area contributed by atoms with Gasteiger partial charge in [0.1, 0.15) is 18.9 Å². The van der Waals surface area contributed by atoms with Gasteiger partial charge in [-0.3, -0.25) is 14.3 Å². The Balaban J connectivity index is 2.02. The number of H-pyrrole nitrogens is 1. The predicted molar refractivity (Wildman–Crippen MR) is 96.0 cm³/mol. The molecule has 144 valence electrons. The molecule has 1 aliphatic heterocycles. The van der Waals surface area contributed by atoms with E-state index in [0.29, 0.717) is 0 Å². The predicted octanol–water partition coefficient (Wildman–Crippen LogP) is 1.36. The number of aliphatic hydroxyl groups is 1. The van der Waals surface area contributed by atoms with E-state index in [4.69, 9.17) is 14.2 Å². The maximum atomic E-state index is 12.0. The summed E-state index contributed by atoms with van der Waals surface area (Å²) in [6.45, 7) is 3.80. The third kappa shape index (κ3) is 5.29. The Kier molecular flexibility index (Phi) is 7.18. The Bertz CT molecular complexity index is 771. The molecule has 0 aromatic carbocycles. The normalized spacial score (nSPS) is 22.9. The van der Waals surface area contributed by atoms with Gasteiger partial charge < -0.3 is 19.3 Å². The Labute approximate surface area is 157 Å². The molecule has 10 heteroatoms. The van der Waals surface area contributed by atoms with E-state index >= 15 is 0 Å². The minimum absolute atomic E-state index is 0.110. The van der Waals surface area contributed by atoms with Crippen LogP contribution in [-0.2, 0) is 14.2 Å². The Morgan fingerprint density at radius 1 is 1.50 bits per heavy atom. The summed E-state index contributed by atoms with van der Waals surface area (Å²) in [6.07, 6.45) is -0.450. The first-order valence-electron chi connectivity index (χ1n) is 8.07. The molecule has 1 aromatic rings. The van der Waals surface area contributed by atoms with E-state index in [0.717, 1.165) is 0 Å². The number of hydrogen-bond donors (Lipinski definition) is 2. The molecule has 3 atom stereocenters. The van der Waals surface area contributed by atoms with Crippen LogP contribution in [0.25, 0.3) is 6.08 Å². The lowest BCUT2D eigenvalue weighted by atomic mass is 10.2. The number of ether oxygens (including phenoxy) is 3. The monoisotopic (exact) mass is 432 g/mol. The van der Waals surface area contributed by atoms with Gasteiger partial charge in [-0.05, 0) is 17.0 Å². The second-order valence-corrected chi connectivity index (χ2v) is 6.77. The summed E-state index contributed by atoms with van der Waals surface area (Å²) >= 11 is 3.07. The van der Waals surface area contributed by atoms with Crippen LogP contribution in [0.4, 0.5) is 4.79 Å². The minimum Gasteiger partial charge on any atom is -0.434 e. The zero-order valence-electron chi connectivity index (χ0n) is 14.4. The van der Waals surface area contributed by atoms with Gasteiger partial charge in [-0.2, -0.15) is 0 Å². The summed E-state index contributed by atoms with van der Waals surface area (Å²) in [5.41, 5.74) is -0.943. The highest BCUT2D eigenvalue weighted by atomic mass is 79.9. The van der Waals surface area contributed by atoms with E-state index in [1.165, 1.54) is 21.8 Å². The molecule has 0 unspecified atom stereocenters. The molecule has 2 rings (SSSR count). The van der Waals surface area contributed by atoms with Crippen molar-refractivity contribution in [2.75, 3.05) is 13.2 Å². The van der Waals surface area contributed by atoms with Gasteiger partial charge in [-0.25, -0.2) is 9.59 Å². The van der Waals surface area contributed by atoms with Crippen LogP contribution >= 0.6 is 15.9 Å². The molecular formula is C16H21BrN2O7. The number of aromatic amines is 1. The Morgan fingerprint density at radius 3 is 2.88 bits per heavy atom. The van der Waals surface area contributed by atoms with Crippen molar-refractivity contribution < 1.29 is 24.1 Å². The quantitative estimate of drug-likeness (QED) is 0.650. The number of hydrogen-bond acceptors (Lipinski definition) is 7. The Hall–Kier alpha value is -1.91. The van der Waals surface area contributed by atoms with E-state index < -0.39 is 35.8 Å². The number of aromatic nitrogens is 2. The van der Waals surface area contributed by atoms with E-state index in [9.17, 15) is 19.5 Å². The summed E-state index contributed by atoms with van der Waals surface area (Å²) in [6, 6.07) is 0. The molecule has 0 aliphatic carbocycles. The lowest BCUT2D eigenvalue weighted by molar-refractivity contribution is -0.0595. The zero-order valence-corrected chi connectivity index (χ0v) is 16.0. The van der Waals surface area contributed by atoms with Crippen LogP contribution in [0.15, 0.2) is 20.8 Å². The van der Waals surface area contributed by atoms with Gasteiger partial charge in [0, 0.05) is 12.6 Å². The van der Waals surface area contributed by atoms with Gasteiger partial charge in [-0.15, -0.1) is 0 Å². The number of carbonyl (C=O) groups is 1. The second kappa shape index (κ2) is 9.15. The highest BCUT2D eigenvalue weighted by Crippen LogP contribution is 2.28. The van der Waals surface area contributed by atoms with Crippen LogP contribution < -0.4 is 11.2 Å². The van der Waals surface area contributed by atoms with Gasteiger partial charge in [0.15, 0.2) is 0 Å². The van der Waals surface area contributed by atoms with Gasteiger partial charge in [-0.1, -0.05) is 29.8 Å². The highest BCUT2D eigenvalue weighted by molar-refractivity contribution is 9.11. The van der Waals surface area contributed by atoms with Crippen LogP contribution in [0.1, 0.15) is 32.1 Å². The third-order valence-electron chi connectivity index (χ3n) is 3.65. The van der Waals surface area contributed by atoms with E-state index in [1.807, 2.05) is 13.8 Å². The fourth-order valence-electron chi connectivity index (χ4n) is 2.36. The lowest BCUT2D eigenvalue weighted by Gasteiger charge is -2.16. The zero-order chi connectivity index (χ0) is 19.3. The summed E-state index contributed by atoms with van der Waals surface area (Å²) in [4.78, 5) is 38.9. The molecule has 2 heterocycles. The molecule has 26 heavy (non-hydrogen) atoms. The Morgan fingerprint density at radius 2 is 2.23 bits per heavy atom. The van der Waals surface area contributed by atoms with Crippen molar-refractivity contribution in [3.05, 3.63) is 37.6 Å². The molecule has 0 amide bonds. The van der Waals surface area contributed by atoms with Gasteiger partial charge in [0.2, 0.25) is 0 Å². The summed E-state index contributed by atoms with van der Waals surface area (Å²) < 4.78 is 16.6. The highest BCUT2D eigenvalue weighted by Gasteiger charge is 2.36. The van der Waals surface area contributed by atoms with Gasteiger partial charge >= 0.3 is 11.8 Å². The van der Waals surface area contributed by atoms with Crippen molar-refractivity contribution in [3.8, 4) is 0 Å². The number of halogens is 1. The van der Waals surface area contributed by atoms with Crippen molar-refractivity contribution >= 4 is 28.2 Å². The first-order valence-corrected chi connectivity index (χ1v) is 8.98. The molecule has 1 aromatic heterocycles. The number of aliphatic hydroxyl groups excluding tert-OH is 1. The number of rotatable bonds is 6. The number of nitrogens with zero attached hydrogens (tertiary/aromatic N) is 1. The first-order chi connectivity index (χ1) is 12.3. The van der Waals surface area contributed by atoms with Crippen LogP contribution in [0.5, 0.6) is 0 Å². The first kappa shape index (κ1) is 20.4. The third-order valence-corrected chi connectivity index (χ3v) is 3.92. The van der Waals surface area contributed by atoms with Crippen molar-refractivity contribution in [1.82, 2.24) is 9.55 Å². The molecule has 1 saturated heterocycles. The molecule has 0 radical (unpaired) electrons. The average Bonchev–Trinajstić information content (AvgIpc) is 2.94. The van der Waals surface area contributed by atoms with Gasteiger partial charge in [0.25, 0.3) is 5.56 Å². The molecule has 0 saturated carbocycles. The van der Waals surface area contributed by atoms with Crippen LogP contribution in [-0.4, -0.2) is 46.2 Å². The molecule has 9 nitrogen and oxygen atoms in total. The topological polar surface area (TPSA) is 120 Å². The summed E-state index contributed by atoms with van der Waals surface area (Å²) in [5, 5.41) is 10.1. The number of carbonyl (C=O) groups excluding carboxylic acids is 1. The van der Waals surface area contributed by atoms with Gasteiger partial charge in [0.05, 0.1) is 18.3 Å². The van der Waals surface area contributed by atoms with E-state index in [1.54, 1.807) is 0 Å². The smallest absolute Gasteiger partial charge is 0.434 e. The molecule has 0 bridgehead atoms.